The minimum atomic E-state index is -0.709. The smallest absolute Gasteiger partial charge is 0.260 e. The number of halogens is 2. The topological polar surface area (TPSA) is 45.2 Å². The molecule has 1 unspecified atom stereocenters. The lowest BCUT2D eigenvalue weighted by Crippen LogP contribution is -2.35. The van der Waals surface area contributed by atoms with E-state index < -0.39 is 11.6 Å². The van der Waals surface area contributed by atoms with Crippen molar-refractivity contribution in [2.75, 3.05) is 10.2 Å². The number of nitrogens with one attached hydrogen (secondary N) is 1. The molecule has 4 nitrogen and oxygen atoms in total. The molecule has 0 bridgehead atoms. The Labute approximate surface area is 155 Å². The van der Waals surface area contributed by atoms with Gasteiger partial charge in [0, 0.05) is 17.9 Å². The summed E-state index contributed by atoms with van der Waals surface area (Å²) < 4.78 is 27.5. The Kier molecular flexibility index (Phi) is 4.32. The fourth-order valence-electron chi connectivity index (χ4n) is 3.35. The van der Waals surface area contributed by atoms with E-state index in [0.29, 0.717) is 5.56 Å². The number of nitrogens with zero attached hydrogens (tertiary/aromatic N) is 2. The van der Waals surface area contributed by atoms with Crippen LogP contribution in [-0.4, -0.2) is 16.9 Å². The molecule has 0 saturated heterocycles. The van der Waals surface area contributed by atoms with Crippen molar-refractivity contribution in [3.63, 3.8) is 0 Å². The fourth-order valence-corrected chi connectivity index (χ4v) is 3.35. The second-order valence-electron chi connectivity index (χ2n) is 6.51. The van der Waals surface area contributed by atoms with Crippen molar-refractivity contribution in [1.29, 1.82) is 0 Å². The Morgan fingerprint density at radius 3 is 2.52 bits per heavy atom. The second-order valence-corrected chi connectivity index (χ2v) is 6.51. The van der Waals surface area contributed by atoms with Crippen LogP contribution in [-0.2, 0) is 6.42 Å². The SMILES string of the molecule is CC1Cc2ccccc2N1C(=O)c1ccc(Nc2c(F)cccc2F)nc1. The lowest BCUT2D eigenvalue weighted by atomic mass is 10.1. The van der Waals surface area contributed by atoms with Crippen LogP contribution < -0.4 is 10.2 Å². The first kappa shape index (κ1) is 17.1. The quantitative estimate of drug-likeness (QED) is 0.732. The third-order valence-corrected chi connectivity index (χ3v) is 4.65. The summed E-state index contributed by atoms with van der Waals surface area (Å²) in [5.74, 6) is -1.31. The van der Waals surface area contributed by atoms with Gasteiger partial charge in [-0.25, -0.2) is 13.8 Å². The van der Waals surface area contributed by atoms with E-state index in [1.165, 1.54) is 18.3 Å². The Hall–Kier alpha value is -3.28. The minimum Gasteiger partial charge on any atom is -0.335 e. The number of aromatic nitrogens is 1. The molecular formula is C21H17F2N3O. The molecule has 1 aliphatic heterocycles. The Balaban J connectivity index is 1.57. The summed E-state index contributed by atoms with van der Waals surface area (Å²) in [6, 6.07) is 14.6. The Morgan fingerprint density at radius 2 is 1.81 bits per heavy atom. The van der Waals surface area contributed by atoms with Gasteiger partial charge in [-0.3, -0.25) is 4.79 Å². The maximum Gasteiger partial charge on any atom is 0.260 e. The average Bonchev–Trinajstić information content (AvgIpc) is 3.00. The van der Waals surface area contributed by atoms with Crippen LogP contribution in [0.1, 0.15) is 22.8 Å². The predicted octanol–water partition coefficient (Wildman–Crippen LogP) is 4.69. The van der Waals surface area contributed by atoms with Crippen LogP contribution in [0.5, 0.6) is 0 Å². The largest absolute Gasteiger partial charge is 0.335 e. The number of carbonyl (C=O) groups is 1. The highest BCUT2D eigenvalue weighted by atomic mass is 19.1. The molecule has 0 fully saturated rings. The predicted molar refractivity (Wildman–Crippen MR) is 100 cm³/mol. The van der Waals surface area contributed by atoms with Crippen molar-refractivity contribution in [3.8, 4) is 0 Å². The van der Waals surface area contributed by atoms with Gasteiger partial charge < -0.3 is 10.2 Å². The number of para-hydroxylation sites is 2. The van der Waals surface area contributed by atoms with Crippen molar-refractivity contribution in [1.82, 2.24) is 4.98 Å². The average molecular weight is 365 g/mol. The maximum absolute atomic E-state index is 13.7. The third kappa shape index (κ3) is 3.14. The molecule has 2 heterocycles. The van der Waals surface area contributed by atoms with Gasteiger partial charge in [0.25, 0.3) is 5.91 Å². The molecule has 2 aromatic carbocycles. The minimum absolute atomic E-state index is 0.0558. The molecular weight excluding hydrogens is 348 g/mol. The molecule has 0 aliphatic carbocycles. The highest BCUT2D eigenvalue weighted by Gasteiger charge is 2.31. The summed E-state index contributed by atoms with van der Waals surface area (Å²) in [5, 5.41) is 2.61. The molecule has 0 radical (unpaired) electrons. The summed E-state index contributed by atoms with van der Waals surface area (Å²) in [6.07, 6.45) is 2.22. The molecule has 1 aromatic heterocycles. The molecule has 1 atom stereocenters. The van der Waals surface area contributed by atoms with Gasteiger partial charge in [-0.15, -0.1) is 0 Å². The van der Waals surface area contributed by atoms with Gasteiger partial charge in [-0.1, -0.05) is 24.3 Å². The number of benzene rings is 2. The number of amides is 1. The number of rotatable bonds is 3. The van der Waals surface area contributed by atoms with Crippen molar-refractivity contribution in [3.05, 3.63) is 83.6 Å². The molecule has 0 saturated carbocycles. The van der Waals surface area contributed by atoms with Crippen LogP contribution in [0.3, 0.4) is 0 Å². The molecule has 1 N–H and O–H groups in total. The van der Waals surface area contributed by atoms with Gasteiger partial charge >= 0.3 is 0 Å². The first-order valence-electron chi connectivity index (χ1n) is 8.63. The van der Waals surface area contributed by atoms with E-state index >= 15 is 0 Å². The van der Waals surface area contributed by atoms with Crippen molar-refractivity contribution in [2.45, 2.75) is 19.4 Å². The molecule has 0 spiro atoms. The number of hydrogen-bond donors (Lipinski definition) is 1. The van der Waals surface area contributed by atoms with Crippen LogP contribution in [0, 0.1) is 11.6 Å². The zero-order valence-corrected chi connectivity index (χ0v) is 14.6. The summed E-state index contributed by atoms with van der Waals surface area (Å²) in [4.78, 5) is 18.8. The summed E-state index contributed by atoms with van der Waals surface area (Å²) in [6.45, 7) is 2.00. The normalized spacial score (nSPS) is 15.5. The highest BCUT2D eigenvalue weighted by Crippen LogP contribution is 2.33. The van der Waals surface area contributed by atoms with Gasteiger partial charge in [-0.05, 0) is 49.2 Å². The van der Waals surface area contributed by atoms with Crippen molar-refractivity contribution < 1.29 is 13.6 Å². The second kappa shape index (κ2) is 6.79. The van der Waals surface area contributed by atoms with E-state index in [4.69, 9.17) is 0 Å². The first-order chi connectivity index (χ1) is 13.0. The highest BCUT2D eigenvalue weighted by molar-refractivity contribution is 6.07. The fraction of sp³-hybridized carbons (Fsp3) is 0.143. The summed E-state index contributed by atoms with van der Waals surface area (Å²) in [5.41, 5.74) is 2.19. The van der Waals surface area contributed by atoms with Crippen LogP contribution in [0.15, 0.2) is 60.8 Å². The molecule has 27 heavy (non-hydrogen) atoms. The standard InChI is InChI=1S/C21H17F2N3O/c1-13-11-14-5-2-3-8-18(14)26(13)21(27)15-9-10-19(24-12-15)25-20-16(22)6-4-7-17(20)23/h2-10,12-13H,11H2,1H3,(H,24,25). The number of pyridine rings is 1. The maximum atomic E-state index is 13.7. The van der Waals surface area contributed by atoms with Crippen LogP contribution in [0.25, 0.3) is 0 Å². The van der Waals surface area contributed by atoms with Gasteiger partial charge in [0.2, 0.25) is 0 Å². The van der Waals surface area contributed by atoms with Gasteiger partial charge in [0.1, 0.15) is 23.1 Å². The Morgan fingerprint density at radius 1 is 1.07 bits per heavy atom. The zero-order valence-electron chi connectivity index (χ0n) is 14.6. The van der Waals surface area contributed by atoms with Crippen LogP contribution in [0.2, 0.25) is 0 Å². The van der Waals surface area contributed by atoms with E-state index in [9.17, 15) is 13.6 Å². The molecule has 1 aliphatic rings. The van der Waals surface area contributed by atoms with Crippen molar-refractivity contribution >= 4 is 23.1 Å². The van der Waals surface area contributed by atoms with E-state index in [2.05, 4.69) is 10.3 Å². The Bertz CT molecular complexity index is 984. The van der Waals surface area contributed by atoms with Gasteiger partial charge in [0.15, 0.2) is 0 Å². The lowest BCUT2D eigenvalue weighted by Gasteiger charge is -2.22. The van der Waals surface area contributed by atoms with Gasteiger partial charge in [-0.2, -0.15) is 0 Å². The van der Waals surface area contributed by atoms with Crippen LogP contribution >= 0.6 is 0 Å². The number of carbonyl (C=O) groups excluding carboxylic acids is 1. The van der Waals surface area contributed by atoms with Gasteiger partial charge in [0.05, 0.1) is 5.56 Å². The van der Waals surface area contributed by atoms with E-state index in [1.807, 2.05) is 31.2 Å². The monoisotopic (exact) mass is 365 g/mol. The third-order valence-electron chi connectivity index (χ3n) is 4.65. The first-order valence-corrected chi connectivity index (χ1v) is 8.63. The molecule has 4 rings (SSSR count). The number of anilines is 3. The van der Waals surface area contributed by atoms with E-state index in [-0.39, 0.29) is 23.5 Å². The molecule has 6 heteroatoms. The van der Waals surface area contributed by atoms with Crippen molar-refractivity contribution in [2.24, 2.45) is 0 Å². The zero-order chi connectivity index (χ0) is 19.0. The molecule has 1 amide bonds. The molecule has 136 valence electrons. The number of fused-ring (bicyclic) bond motifs is 1. The summed E-state index contributed by atoms with van der Waals surface area (Å²) in [7, 11) is 0. The summed E-state index contributed by atoms with van der Waals surface area (Å²) >= 11 is 0. The lowest BCUT2D eigenvalue weighted by molar-refractivity contribution is 0.0981. The van der Waals surface area contributed by atoms with Crippen LogP contribution in [0.4, 0.5) is 26.0 Å². The number of hydrogen-bond acceptors (Lipinski definition) is 3. The van der Waals surface area contributed by atoms with E-state index in [0.717, 1.165) is 29.8 Å². The van der Waals surface area contributed by atoms with E-state index in [1.54, 1.807) is 11.0 Å². The molecule has 3 aromatic rings.